The van der Waals surface area contributed by atoms with Gasteiger partial charge < -0.3 is 15.1 Å². The van der Waals surface area contributed by atoms with E-state index in [9.17, 15) is 36.5 Å². The van der Waals surface area contributed by atoms with Gasteiger partial charge in [0.15, 0.2) is 5.00 Å². The van der Waals surface area contributed by atoms with Crippen molar-refractivity contribution >= 4 is 61.5 Å². The molecule has 0 aliphatic carbocycles. The van der Waals surface area contributed by atoms with Crippen molar-refractivity contribution in [2.24, 2.45) is 0 Å². The highest BCUT2D eigenvalue weighted by atomic mass is 32.2. The molecule has 1 amide bonds. The zero-order chi connectivity index (χ0) is 37.5. The lowest BCUT2D eigenvalue weighted by Gasteiger charge is -2.30. The van der Waals surface area contributed by atoms with E-state index in [4.69, 9.17) is 0 Å². The van der Waals surface area contributed by atoms with E-state index in [2.05, 4.69) is 5.32 Å². The molecule has 16 heteroatoms. The fourth-order valence-electron chi connectivity index (χ4n) is 5.59. The van der Waals surface area contributed by atoms with Crippen LogP contribution in [-0.2, 0) is 16.2 Å². The van der Waals surface area contributed by atoms with Gasteiger partial charge in [-0.3, -0.25) is 14.9 Å². The van der Waals surface area contributed by atoms with Gasteiger partial charge in [0.05, 0.1) is 10.5 Å². The number of carbonyl (C=O) groups excluding carboxylic acids is 1. The predicted octanol–water partition coefficient (Wildman–Crippen LogP) is 8.00. The monoisotopic (exact) mass is 773 g/mol. The van der Waals surface area contributed by atoms with Crippen LogP contribution in [0.2, 0.25) is 0 Å². The van der Waals surface area contributed by atoms with Crippen molar-refractivity contribution in [3.63, 3.8) is 0 Å². The molecule has 276 valence electrons. The predicted molar refractivity (Wildman–Crippen MR) is 201 cm³/mol. The molecule has 3 aromatic carbocycles. The first-order valence-corrected chi connectivity index (χ1v) is 19.6. The van der Waals surface area contributed by atoms with Gasteiger partial charge in [0.2, 0.25) is 0 Å². The number of thioether (sulfide) groups is 1. The number of benzene rings is 3. The van der Waals surface area contributed by atoms with Crippen LogP contribution in [0.4, 0.5) is 29.5 Å². The van der Waals surface area contributed by atoms with E-state index in [0.29, 0.717) is 56.0 Å². The summed E-state index contributed by atoms with van der Waals surface area (Å²) in [6.07, 6.45) is -1.09. The number of alkyl halides is 3. The second-order valence-electron chi connectivity index (χ2n) is 12.5. The SMILES string of the molecule is CN(C)CC[C@H](CSc1ccccc1)Nc1sc(S(=O)(=O)NC(=O)c2ccc(N3CCC(=Cc4ccccc4C(F)(F)F)CC3)cc2)cc1[N+](=O)[O-]. The average molecular weight is 774 g/mol. The fraction of sp³-hybridized carbons (Fsp3) is 0.306. The molecule has 1 aliphatic heterocycles. The number of rotatable bonds is 14. The number of halogens is 3. The molecule has 10 nitrogen and oxygen atoms in total. The number of nitrogens with zero attached hydrogens (tertiary/aromatic N) is 3. The number of amides is 1. The molecule has 2 N–H and O–H groups in total. The summed E-state index contributed by atoms with van der Waals surface area (Å²) in [6.45, 7) is 1.80. The molecule has 0 unspecified atom stereocenters. The van der Waals surface area contributed by atoms with E-state index in [1.54, 1.807) is 36.0 Å². The van der Waals surface area contributed by atoms with Crippen LogP contribution in [0.3, 0.4) is 0 Å². The maximum atomic E-state index is 13.4. The highest BCUT2D eigenvalue weighted by molar-refractivity contribution is 7.99. The van der Waals surface area contributed by atoms with Gasteiger partial charge in [-0.25, -0.2) is 13.1 Å². The molecule has 5 rings (SSSR count). The Morgan fingerprint density at radius 1 is 1.04 bits per heavy atom. The number of carbonyl (C=O) groups is 1. The number of hydrogen-bond acceptors (Lipinski definition) is 10. The van der Waals surface area contributed by atoms with Gasteiger partial charge in [-0.1, -0.05) is 59.4 Å². The number of piperidine rings is 1. The van der Waals surface area contributed by atoms with E-state index < -0.39 is 38.3 Å². The molecule has 0 bridgehead atoms. The van der Waals surface area contributed by atoms with Crippen molar-refractivity contribution < 1.29 is 31.3 Å². The molecule has 1 aliphatic rings. The molecule has 2 heterocycles. The number of sulfonamides is 1. The van der Waals surface area contributed by atoms with E-state index in [1.165, 1.54) is 24.3 Å². The Morgan fingerprint density at radius 2 is 1.69 bits per heavy atom. The quantitative estimate of drug-likeness (QED) is 0.0745. The smallest absolute Gasteiger partial charge is 0.371 e. The molecule has 52 heavy (non-hydrogen) atoms. The summed E-state index contributed by atoms with van der Waals surface area (Å²) in [5.74, 6) is -0.319. The summed E-state index contributed by atoms with van der Waals surface area (Å²) in [4.78, 5) is 29.5. The molecule has 0 spiro atoms. The maximum absolute atomic E-state index is 13.4. The minimum Gasteiger partial charge on any atom is -0.371 e. The van der Waals surface area contributed by atoms with Gasteiger partial charge in [-0.15, -0.1) is 11.8 Å². The zero-order valence-corrected chi connectivity index (χ0v) is 30.9. The van der Waals surface area contributed by atoms with Crippen molar-refractivity contribution in [3.05, 3.63) is 117 Å². The topological polar surface area (TPSA) is 125 Å². The van der Waals surface area contributed by atoms with Crippen LogP contribution in [0.1, 0.15) is 40.7 Å². The Kier molecular flexibility index (Phi) is 12.7. The second-order valence-corrected chi connectivity index (χ2v) is 16.5. The van der Waals surface area contributed by atoms with Crippen molar-refractivity contribution in [2.75, 3.05) is 49.7 Å². The lowest BCUT2D eigenvalue weighted by Crippen LogP contribution is -2.31. The van der Waals surface area contributed by atoms with Crippen molar-refractivity contribution in [3.8, 4) is 0 Å². The first-order valence-electron chi connectivity index (χ1n) is 16.3. The Morgan fingerprint density at radius 3 is 2.33 bits per heavy atom. The highest BCUT2D eigenvalue weighted by Crippen LogP contribution is 2.38. The maximum Gasteiger partial charge on any atom is 0.416 e. The van der Waals surface area contributed by atoms with E-state index in [1.807, 2.05) is 58.9 Å². The zero-order valence-electron chi connectivity index (χ0n) is 28.4. The molecular formula is C36H38F3N5O5S3. The molecule has 1 aromatic heterocycles. The Hall–Kier alpha value is -4.38. The van der Waals surface area contributed by atoms with Crippen LogP contribution in [0.5, 0.6) is 0 Å². The number of nitrogens with one attached hydrogen (secondary N) is 2. The van der Waals surface area contributed by atoms with Crippen molar-refractivity contribution in [1.82, 2.24) is 9.62 Å². The second kappa shape index (κ2) is 17.0. The Bertz CT molecular complexity index is 1990. The van der Waals surface area contributed by atoms with Crippen molar-refractivity contribution in [1.29, 1.82) is 0 Å². The number of hydrogen-bond donors (Lipinski definition) is 2. The minimum atomic E-state index is -4.46. The Labute approximate surface area is 308 Å². The summed E-state index contributed by atoms with van der Waals surface area (Å²) in [5, 5.41) is 15.3. The third-order valence-corrected chi connectivity index (χ3v) is 12.4. The minimum absolute atomic E-state index is 0.0692. The van der Waals surface area contributed by atoms with Crippen LogP contribution in [0, 0.1) is 10.1 Å². The summed E-state index contributed by atoms with van der Waals surface area (Å²) in [6, 6.07) is 22.2. The fourth-order valence-corrected chi connectivity index (χ4v) is 8.97. The van der Waals surface area contributed by atoms with Gasteiger partial charge in [-0.2, -0.15) is 13.2 Å². The first kappa shape index (κ1) is 38.8. The lowest BCUT2D eigenvalue weighted by molar-refractivity contribution is -0.383. The van der Waals surface area contributed by atoms with Gasteiger partial charge in [-0.05, 0) is 87.9 Å². The van der Waals surface area contributed by atoms with E-state index in [0.717, 1.165) is 28.3 Å². The number of nitro groups is 1. The summed E-state index contributed by atoms with van der Waals surface area (Å²) < 4.78 is 68.6. The number of thiophene rings is 1. The number of anilines is 2. The van der Waals surface area contributed by atoms with Crippen LogP contribution in [0.25, 0.3) is 6.08 Å². The van der Waals surface area contributed by atoms with Crippen LogP contribution in [-0.4, -0.2) is 69.7 Å². The molecule has 1 atom stereocenters. The highest BCUT2D eigenvalue weighted by Gasteiger charge is 2.33. The Balaban J connectivity index is 1.23. The molecule has 0 saturated carbocycles. The summed E-state index contributed by atoms with van der Waals surface area (Å²) in [7, 11) is -0.618. The van der Waals surface area contributed by atoms with Gasteiger partial charge in [0.1, 0.15) is 4.21 Å². The molecule has 1 saturated heterocycles. The van der Waals surface area contributed by atoms with Gasteiger partial charge in [0.25, 0.3) is 15.9 Å². The third-order valence-electron chi connectivity index (χ3n) is 8.36. The van der Waals surface area contributed by atoms with Crippen LogP contribution < -0.4 is 14.9 Å². The summed E-state index contributed by atoms with van der Waals surface area (Å²) in [5.41, 5.74) is 0.804. The lowest BCUT2D eigenvalue weighted by atomic mass is 9.98. The van der Waals surface area contributed by atoms with E-state index >= 15 is 0 Å². The molecular weight excluding hydrogens is 736 g/mol. The van der Waals surface area contributed by atoms with Crippen LogP contribution >= 0.6 is 23.1 Å². The summed E-state index contributed by atoms with van der Waals surface area (Å²) >= 11 is 2.28. The third kappa shape index (κ3) is 10.4. The van der Waals surface area contributed by atoms with Crippen molar-refractivity contribution in [2.45, 2.75) is 40.6 Å². The first-order chi connectivity index (χ1) is 24.7. The van der Waals surface area contributed by atoms with Gasteiger partial charge in [0, 0.05) is 47.1 Å². The molecule has 4 aromatic rings. The van der Waals surface area contributed by atoms with E-state index in [-0.39, 0.29) is 26.4 Å². The van der Waals surface area contributed by atoms with Gasteiger partial charge >= 0.3 is 11.9 Å². The average Bonchev–Trinajstić information content (AvgIpc) is 3.55. The van der Waals surface area contributed by atoms with Crippen LogP contribution in [0.15, 0.2) is 99.6 Å². The molecule has 0 radical (unpaired) electrons. The largest absolute Gasteiger partial charge is 0.416 e. The standard InChI is InChI=1S/C36H38F3N5O5S3/c1-42(2)19-18-28(24-50-30-9-4-3-5-10-30)40-35-32(44(46)47)23-33(51-35)52(48,49)41-34(45)26-12-14-29(15-13-26)43-20-16-25(17-21-43)22-27-8-6-7-11-31(27)36(37,38)39/h3-15,22-23,28,40H,16-21,24H2,1-2H3,(H,41,45)/t28-/m1/s1. The normalized spacial score (nSPS) is 14.3. The molecule has 1 fully saturated rings.